The molecule has 1 amide bonds. The van der Waals surface area contributed by atoms with Crippen LogP contribution < -0.4 is 15.5 Å². The Bertz CT molecular complexity index is 1190. The number of aromatic nitrogens is 5. The molecule has 3 N–H and O–H groups in total. The number of aryl methyl sites for hydroxylation is 1. The molecule has 2 atom stereocenters. The van der Waals surface area contributed by atoms with Crippen LogP contribution in [0.2, 0.25) is 0 Å². The monoisotopic (exact) mass is 478 g/mol. The first-order valence-electron chi connectivity index (χ1n) is 12.4. The number of fused-ring (bicyclic) bond motifs is 1. The number of carbonyl (C=O) groups is 1. The van der Waals surface area contributed by atoms with Gasteiger partial charge in [0.2, 0.25) is 17.8 Å². The largest absolute Gasteiger partial charge is 0.329 e. The van der Waals surface area contributed by atoms with Crippen LogP contribution in [-0.2, 0) is 17.6 Å². The predicted molar refractivity (Wildman–Crippen MR) is 132 cm³/mol. The zero-order chi connectivity index (χ0) is 24.4. The number of anilines is 4. The van der Waals surface area contributed by atoms with Gasteiger partial charge in [-0.2, -0.15) is 14.5 Å². The van der Waals surface area contributed by atoms with Crippen molar-refractivity contribution in [3.63, 3.8) is 0 Å². The van der Waals surface area contributed by atoms with Crippen LogP contribution in [0.3, 0.4) is 0 Å². The molecule has 1 fully saturated rings. The van der Waals surface area contributed by atoms with Crippen LogP contribution in [0.25, 0.3) is 0 Å². The fourth-order valence-corrected chi connectivity index (χ4v) is 4.76. The van der Waals surface area contributed by atoms with Gasteiger partial charge in [-0.1, -0.05) is 13.8 Å². The average Bonchev–Trinajstić information content (AvgIpc) is 3.55. The van der Waals surface area contributed by atoms with Crippen molar-refractivity contribution in [2.24, 2.45) is 0 Å². The first kappa shape index (κ1) is 23.2. The molecule has 4 heterocycles. The zero-order valence-electron chi connectivity index (χ0n) is 20.1. The van der Waals surface area contributed by atoms with Gasteiger partial charge in [-0.3, -0.25) is 9.89 Å². The maximum absolute atomic E-state index is 13.1. The van der Waals surface area contributed by atoms with Crippen LogP contribution in [0.15, 0.2) is 24.4 Å². The summed E-state index contributed by atoms with van der Waals surface area (Å²) < 4.78 is 13.1. The topological polar surface area (TPSA) is 112 Å². The van der Waals surface area contributed by atoms with Gasteiger partial charge in [0.1, 0.15) is 11.9 Å². The van der Waals surface area contributed by atoms with Crippen molar-refractivity contribution in [1.29, 1.82) is 0 Å². The van der Waals surface area contributed by atoms with Crippen LogP contribution >= 0.6 is 0 Å². The molecule has 184 valence electrons. The lowest BCUT2D eigenvalue weighted by atomic mass is 9.96. The summed E-state index contributed by atoms with van der Waals surface area (Å²) in [7, 11) is 0. The Balaban J connectivity index is 1.41. The molecule has 2 unspecified atom stereocenters. The standard InChI is InChI=1S/C25H31FN8O/c1-3-15(2)19-13-22(33-32-19)30-23-17-7-4-5-8-18(17)29-25(31-23)34-12-6-9-20(34)24(35)28-16-10-11-21(26)27-14-16/h10-11,13-15,20H,3-9,12H2,1-2H3,(H,28,35)(H2,29,30,31,32,33). The van der Waals surface area contributed by atoms with Gasteiger partial charge in [-0.15, -0.1) is 0 Å². The number of hydrogen-bond acceptors (Lipinski definition) is 7. The summed E-state index contributed by atoms with van der Waals surface area (Å²) in [5.41, 5.74) is 3.72. The maximum atomic E-state index is 13.1. The number of carbonyl (C=O) groups excluding carboxylic acids is 1. The van der Waals surface area contributed by atoms with E-state index in [1.54, 1.807) is 0 Å². The minimum Gasteiger partial charge on any atom is -0.329 e. The minimum absolute atomic E-state index is 0.169. The molecule has 0 bridgehead atoms. The normalized spacial score (nSPS) is 18.3. The maximum Gasteiger partial charge on any atom is 0.247 e. The molecule has 0 saturated carbocycles. The van der Waals surface area contributed by atoms with Crippen LogP contribution in [-0.4, -0.2) is 43.6 Å². The number of aromatic amines is 1. The Morgan fingerprint density at radius 3 is 2.91 bits per heavy atom. The number of rotatable bonds is 7. The smallest absolute Gasteiger partial charge is 0.247 e. The molecule has 1 aliphatic heterocycles. The summed E-state index contributed by atoms with van der Waals surface area (Å²) in [4.78, 5) is 28.5. The van der Waals surface area contributed by atoms with Gasteiger partial charge in [0, 0.05) is 23.9 Å². The van der Waals surface area contributed by atoms with Crippen LogP contribution in [0.4, 0.5) is 27.7 Å². The summed E-state index contributed by atoms with van der Waals surface area (Å²) in [6.07, 6.45) is 7.91. The third-order valence-electron chi connectivity index (χ3n) is 6.97. The molecule has 35 heavy (non-hydrogen) atoms. The highest BCUT2D eigenvalue weighted by Gasteiger charge is 2.34. The number of H-pyrrole nitrogens is 1. The zero-order valence-corrected chi connectivity index (χ0v) is 20.1. The number of nitrogens with one attached hydrogen (secondary N) is 3. The second-order valence-corrected chi connectivity index (χ2v) is 9.36. The number of halogens is 1. The van der Waals surface area contributed by atoms with Gasteiger partial charge in [-0.05, 0) is 63.0 Å². The van der Waals surface area contributed by atoms with Crippen LogP contribution in [0.5, 0.6) is 0 Å². The van der Waals surface area contributed by atoms with Gasteiger partial charge in [0.15, 0.2) is 5.82 Å². The van der Waals surface area contributed by atoms with E-state index in [1.807, 2.05) is 11.0 Å². The highest BCUT2D eigenvalue weighted by Crippen LogP contribution is 2.32. The van der Waals surface area contributed by atoms with Crippen molar-refractivity contribution in [3.05, 3.63) is 47.3 Å². The predicted octanol–water partition coefficient (Wildman–Crippen LogP) is 4.48. The minimum atomic E-state index is -0.582. The lowest BCUT2D eigenvalue weighted by molar-refractivity contribution is -0.117. The summed E-state index contributed by atoms with van der Waals surface area (Å²) in [5, 5.41) is 13.8. The molecule has 2 aliphatic rings. The van der Waals surface area contributed by atoms with E-state index in [1.165, 1.54) is 18.3 Å². The van der Waals surface area contributed by atoms with E-state index in [2.05, 4.69) is 39.7 Å². The Morgan fingerprint density at radius 1 is 1.26 bits per heavy atom. The first-order chi connectivity index (χ1) is 17.0. The van der Waals surface area contributed by atoms with Crippen LogP contribution in [0, 0.1) is 5.95 Å². The van der Waals surface area contributed by atoms with E-state index in [0.717, 1.165) is 67.1 Å². The molecule has 3 aromatic rings. The molecule has 0 aromatic carbocycles. The first-order valence-corrected chi connectivity index (χ1v) is 12.4. The third-order valence-corrected chi connectivity index (χ3v) is 6.97. The molecule has 1 saturated heterocycles. The number of hydrogen-bond donors (Lipinski definition) is 3. The quantitative estimate of drug-likeness (QED) is 0.429. The molecule has 9 nitrogen and oxygen atoms in total. The highest BCUT2D eigenvalue weighted by molar-refractivity contribution is 5.96. The average molecular weight is 479 g/mol. The summed E-state index contributed by atoms with van der Waals surface area (Å²) in [6.45, 7) is 5.02. The van der Waals surface area contributed by atoms with Gasteiger partial charge in [0.05, 0.1) is 17.6 Å². The third kappa shape index (κ3) is 4.96. The second-order valence-electron chi connectivity index (χ2n) is 9.36. The second kappa shape index (κ2) is 9.97. The Kier molecular flexibility index (Phi) is 6.61. The molecule has 10 heteroatoms. The van der Waals surface area contributed by atoms with Gasteiger partial charge >= 0.3 is 0 Å². The molecular weight excluding hydrogens is 447 g/mol. The number of nitrogens with zero attached hydrogens (tertiary/aromatic N) is 5. The SMILES string of the molecule is CCC(C)c1cc(Nc2nc(N3CCCC3C(=O)Nc3ccc(F)nc3)nc3c2CCCC3)n[nH]1. The van der Waals surface area contributed by atoms with E-state index < -0.39 is 12.0 Å². The summed E-state index contributed by atoms with van der Waals surface area (Å²) >= 11 is 0. The van der Waals surface area contributed by atoms with Crippen molar-refractivity contribution < 1.29 is 9.18 Å². The van der Waals surface area contributed by atoms with Crippen molar-refractivity contribution in [3.8, 4) is 0 Å². The Morgan fingerprint density at radius 2 is 2.11 bits per heavy atom. The summed E-state index contributed by atoms with van der Waals surface area (Å²) in [6, 6.07) is 4.37. The molecule has 0 radical (unpaired) electrons. The fourth-order valence-electron chi connectivity index (χ4n) is 4.76. The molecule has 3 aromatic heterocycles. The summed E-state index contributed by atoms with van der Waals surface area (Å²) in [5.74, 6) is 1.70. The van der Waals surface area contributed by atoms with E-state index in [-0.39, 0.29) is 5.91 Å². The van der Waals surface area contributed by atoms with Crippen molar-refractivity contribution >= 4 is 29.2 Å². The van der Waals surface area contributed by atoms with Crippen molar-refractivity contribution in [1.82, 2.24) is 25.1 Å². The fraction of sp³-hybridized carbons (Fsp3) is 0.480. The lowest BCUT2D eigenvalue weighted by Gasteiger charge is -2.27. The Labute approximate surface area is 204 Å². The molecular formula is C25H31FN8O. The van der Waals surface area contributed by atoms with Crippen LogP contribution in [0.1, 0.15) is 68.8 Å². The van der Waals surface area contributed by atoms with E-state index >= 15 is 0 Å². The van der Waals surface area contributed by atoms with Gasteiger partial charge in [-0.25, -0.2) is 9.97 Å². The van der Waals surface area contributed by atoms with E-state index in [0.29, 0.717) is 30.5 Å². The van der Waals surface area contributed by atoms with Crippen molar-refractivity contribution in [2.45, 2.75) is 70.8 Å². The number of pyridine rings is 1. The lowest BCUT2D eigenvalue weighted by Crippen LogP contribution is -2.41. The number of amides is 1. The Hall–Kier alpha value is -3.56. The highest BCUT2D eigenvalue weighted by atomic mass is 19.1. The molecule has 1 aliphatic carbocycles. The molecule has 0 spiro atoms. The van der Waals surface area contributed by atoms with Gasteiger partial charge in [0.25, 0.3) is 0 Å². The van der Waals surface area contributed by atoms with Crippen molar-refractivity contribution in [2.75, 3.05) is 22.1 Å². The van der Waals surface area contributed by atoms with Gasteiger partial charge < -0.3 is 15.5 Å². The van der Waals surface area contributed by atoms with E-state index in [9.17, 15) is 9.18 Å². The molecule has 5 rings (SSSR count). The van der Waals surface area contributed by atoms with E-state index in [4.69, 9.17) is 9.97 Å².